The minimum absolute atomic E-state index is 0.296. The first-order valence-corrected chi connectivity index (χ1v) is 15.8. The van der Waals surface area contributed by atoms with Crippen LogP contribution in [0.15, 0.2) is 54.9 Å². The molecule has 1 aromatic heterocycles. The summed E-state index contributed by atoms with van der Waals surface area (Å²) in [5.74, 6) is 0.445. The standard InChI is InChI=1S/C36H47N3O2/c1-3-5-7-9-11-13-15-17-29-19-24-34(33(25-29)26-37)41-36(40)32-22-20-31(21-23-32)35-38-27-30(28-39-35)18-16-14-12-10-8-6-4-2/h19-25,27-28H,3-18H2,1-2H3. The maximum Gasteiger partial charge on any atom is 0.343 e. The molecule has 3 aromatic rings. The molecule has 0 saturated heterocycles. The molecule has 0 unspecified atom stereocenters. The van der Waals surface area contributed by atoms with Crippen molar-refractivity contribution in [1.29, 1.82) is 5.26 Å². The number of hydrogen-bond acceptors (Lipinski definition) is 5. The summed E-state index contributed by atoms with van der Waals surface area (Å²) in [6, 6.07) is 14.8. The fourth-order valence-corrected chi connectivity index (χ4v) is 5.03. The minimum atomic E-state index is -0.487. The first-order valence-electron chi connectivity index (χ1n) is 15.8. The molecule has 0 bridgehead atoms. The number of carbonyl (C=O) groups is 1. The first-order chi connectivity index (χ1) is 20.1. The van der Waals surface area contributed by atoms with Crippen LogP contribution in [0, 0.1) is 11.3 Å². The van der Waals surface area contributed by atoms with Gasteiger partial charge in [0.1, 0.15) is 11.8 Å². The van der Waals surface area contributed by atoms with Gasteiger partial charge in [0.05, 0.1) is 11.1 Å². The number of benzene rings is 2. The molecule has 0 amide bonds. The molecule has 5 nitrogen and oxygen atoms in total. The zero-order valence-electron chi connectivity index (χ0n) is 25.2. The van der Waals surface area contributed by atoms with Gasteiger partial charge >= 0.3 is 5.97 Å². The van der Waals surface area contributed by atoms with Crippen LogP contribution in [-0.4, -0.2) is 15.9 Å². The molecule has 3 rings (SSSR count). The molecule has 0 fully saturated rings. The second kappa shape index (κ2) is 18.8. The average molecular weight is 554 g/mol. The highest BCUT2D eigenvalue weighted by Gasteiger charge is 2.13. The number of nitrogens with zero attached hydrogens (tertiary/aromatic N) is 3. The average Bonchev–Trinajstić information content (AvgIpc) is 3.01. The van der Waals surface area contributed by atoms with Gasteiger partial charge < -0.3 is 4.74 Å². The Bertz CT molecular complexity index is 1210. The van der Waals surface area contributed by atoms with Gasteiger partial charge in [-0.2, -0.15) is 5.26 Å². The van der Waals surface area contributed by atoms with Gasteiger partial charge in [-0.1, -0.05) is 109 Å². The Kier molecular flexibility index (Phi) is 14.6. The highest BCUT2D eigenvalue weighted by molar-refractivity contribution is 5.91. The number of unbranched alkanes of at least 4 members (excludes halogenated alkanes) is 12. The van der Waals surface area contributed by atoms with Crippen LogP contribution in [-0.2, 0) is 12.8 Å². The first kappa shape index (κ1) is 32.0. The third-order valence-electron chi connectivity index (χ3n) is 7.59. The summed E-state index contributed by atoms with van der Waals surface area (Å²) < 4.78 is 5.60. The van der Waals surface area contributed by atoms with E-state index in [4.69, 9.17) is 4.74 Å². The molecule has 0 atom stereocenters. The van der Waals surface area contributed by atoms with Crippen molar-refractivity contribution in [2.75, 3.05) is 0 Å². The fourth-order valence-electron chi connectivity index (χ4n) is 5.03. The predicted octanol–water partition coefficient (Wildman–Crippen LogP) is 9.82. The maximum absolute atomic E-state index is 12.8. The van der Waals surface area contributed by atoms with E-state index in [1.807, 2.05) is 36.7 Å². The third kappa shape index (κ3) is 11.5. The molecule has 2 aromatic carbocycles. The van der Waals surface area contributed by atoms with Crippen molar-refractivity contribution in [3.8, 4) is 23.2 Å². The number of ether oxygens (including phenoxy) is 1. The largest absolute Gasteiger partial charge is 0.422 e. The van der Waals surface area contributed by atoms with Crippen LogP contribution in [0.2, 0.25) is 0 Å². The van der Waals surface area contributed by atoms with E-state index in [-0.39, 0.29) is 0 Å². The molecule has 0 aliphatic rings. The second-order valence-electron chi connectivity index (χ2n) is 11.1. The normalized spacial score (nSPS) is 10.9. The Morgan fingerprint density at radius 3 is 1.80 bits per heavy atom. The molecule has 41 heavy (non-hydrogen) atoms. The molecule has 0 radical (unpaired) electrons. The van der Waals surface area contributed by atoms with Gasteiger partial charge in [0.2, 0.25) is 0 Å². The lowest BCUT2D eigenvalue weighted by atomic mass is 10.0. The van der Waals surface area contributed by atoms with E-state index in [0.29, 0.717) is 22.7 Å². The van der Waals surface area contributed by atoms with Gasteiger partial charge in [-0.15, -0.1) is 0 Å². The van der Waals surface area contributed by atoms with E-state index in [0.717, 1.165) is 36.0 Å². The zero-order valence-corrected chi connectivity index (χ0v) is 25.2. The molecular formula is C36H47N3O2. The number of hydrogen-bond donors (Lipinski definition) is 0. The van der Waals surface area contributed by atoms with E-state index in [1.165, 1.54) is 83.5 Å². The third-order valence-corrected chi connectivity index (χ3v) is 7.59. The second-order valence-corrected chi connectivity index (χ2v) is 11.1. The Morgan fingerprint density at radius 2 is 1.24 bits per heavy atom. The Hall–Kier alpha value is -3.52. The van der Waals surface area contributed by atoms with Crippen LogP contribution in [0.3, 0.4) is 0 Å². The van der Waals surface area contributed by atoms with E-state index in [9.17, 15) is 10.1 Å². The fraction of sp³-hybridized carbons (Fsp3) is 0.500. The Labute approximate surface area is 247 Å². The van der Waals surface area contributed by atoms with Crippen molar-refractivity contribution >= 4 is 5.97 Å². The van der Waals surface area contributed by atoms with Crippen LogP contribution >= 0.6 is 0 Å². The molecule has 0 aliphatic heterocycles. The van der Waals surface area contributed by atoms with E-state index >= 15 is 0 Å². The van der Waals surface area contributed by atoms with Gasteiger partial charge in [0.25, 0.3) is 0 Å². The lowest BCUT2D eigenvalue weighted by Crippen LogP contribution is -2.09. The van der Waals surface area contributed by atoms with Crippen LogP contribution in [0.25, 0.3) is 11.4 Å². The van der Waals surface area contributed by atoms with Crippen LogP contribution in [0.4, 0.5) is 0 Å². The molecule has 0 spiro atoms. The predicted molar refractivity (Wildman–Crippen MR) is 167 cm³/mol. The number of aromatic nitrogens is 2. The van der Waals surface area contributed by atoms with Crippen LogP contribution in [0.5, 0.6) is 5.75 Å². The van der Waals surface area contributed by atoms with Crippen molar-refractivity contribution in [3.63, 3.8) is 0 Å². The zero-order chi connectivity index (χ0) is 29.1. The van der Waals surface area contributed by atoms with Crippen LogP contribution < -0.4 is 4.74 Å². The molecule has 0 saturated carbocycles. The van der Waals surface area contributed by atoms with E-state index in [2.05, 4.69) is 29.9 Å². The van der Waals surface area contributed by atoms with Gasteiger partial charge in [-0.3, -0.25) is 0 Å². The molecule has 218 valence electrons. The van der Waals surface area contributed by atoms with E-state index in [1.54, 1.807) is 18.2 Å². The number of aryl methyl sites for hydroxylation is 2. The van der Waals surface area contributed by atoms with Crippen molar-refractivity contribution in [3.05, 3.63) is 77.1 Å². The van der Waals surface area contributed by atoms with Gasteiger partial charge in [0, 0.05) is 18.0 Å². The lowest BCUT2D eigenvalue weighted by Gasteiger charge is -2.09. The number of nitriles is 1. The number of carbonyl (C=O) groups excluding carboxylic acids is 1. The Balaban J connectivity index is 1.47. The highest BCUT2D eigenvalue weighted by atomic mass is 16.5. The summed E-state index contributed by atoms with van der Waals surface area (Å²) in [6.45, 7) is 4.48. The van der Waals surface area contributed by atoms with E-state index < -0.39 is 5.97 Å². The summed E-state index contributed by atoms with van der Waals surface area (Å²) in [6.07, 6.45) is 23.5. The van der Waals surface area contributed by atoms with Crippen LogP contribution in [0.1, 0.15) is 131 Å². The van der Waals surface area contributed by atoms with Gasteiger partial charge in [-0.05, 0) is 61.1 Å². The number of esters is 1. The van der Waals surface area contributed by atoms with Crippen molar-refractivity contribution in [1.82, 2.24) is 9.97 Å². The summed E-state index contributed by atoms with van der Waals surface area (Å²) in [7, 11) is 0. The Morgan fingerprint density at radius 1 is 0.707 bits per heavy atom. The summed E-state index contributed by atoms with van der Waals surface area (Å²) in [4.78, 5) is 21.9. The molecular weight excluding hydrogens is 506 g/mol. The van der Waals surface area contributed by atoms with Crippen molar-refractivity contribution in [2.45, 2.75) is 117 Å². The molecule has 0 aliphatic carbocycles. The SMILES string of the molecule is CCCCCCCCCc1cnc(-c2ccc(C(=O)Oc3ccc(CCCCCCCCC)cc3C#N)cc2)nc1. The van der Waals surface area contributed by atoms with Gasteiger partial charge in [0.15, 0.2) is 5.82 Å². The highest BCUT2D eigenvalue weighted by Crippen LogP contribution is 2.23. The maximum atomic E-state index is 12.8. The minimum Gasteiger partial charge on any atom is -0.422 e. The summed E-state index contributed by atoms with van der Waals surface area (Å²) >= 11 is 0. The summed E-state index contributed by atoms with van der Waals surface area (Å²) in [5.41, 5.74) is 3.91. The quantitative estimate of drug-likeness (QED) is 0.0839. The smallest absolute Gasteiger partial charge is 0.343 e. The summed E-state index contributed by atoms with van der Waals surface area (Å²) in [5, 5.41) is 9.65. The van der Waals surface area contributed by atoms with Gasteiger partial charge in [-0.25, -0.2) is 14.8 Å². The molecule has 0 N–H and O–H groups in total. The molecule has 5 heteroatoms. The monoisotopic (exact) mass is 553 g/mol. The topological polar surface area (TPSA) is 75.9 Å². The van der Waals surface area contributed by atoms with Crippen molar-refractivity contribution < 1.29 is 9.53 Å². The number of rotatable bonds is 19. The molecule has 1 heterocycles. The lowest BCUT2D eigenvalue weighted by molar-refractivity contribution is 0.0734. The van der Waals surface area contributed by atoms with Crippen molar-refractivity contribution in [2.24, 2.45) is 0 Å².